The van der Waals surface area contributed by atoms with Crippen LogP contribution in [0, 0.1) is 11.3 Å². The van der Waals surface area contributed by atoms with E-state index in [2.05, 4.69) is 10.6 Å². The smallest absolute Gasteiger partial charge is 0.323 e. The minimum Gasteiger partial charge on any atom is -0.479 e. The number of rotatable bonds is 4. The Morgan fingerprint density at radius 2 is 2.00 bits per heavy atom. The van der Waals surface area contributed by atoms with Crippen molar-refractivity contribution in [2.24, 2.45) is 0 Å². The number of amides is 2. The number of carbonyl (C=O) groups is 1. The molecule has 106 valence electrons. The van der Waals surface area contributed by atoms with E-state index in [1.54, 1.807) is 48.5 Å². The highest BCUT2D eigenvalue weighted by atomic mass is 35.5. The number of anilines is 2. The summed E-state index contributed by atoms with van der Waals surface area (Å²) in [4.78, 5) is 11.9. The highest BCUT2D eigenvalue weighted by Gasteiger charge is 2.06. The number of carbonyl (C=O) groups excluding carboxylic acids is 1. The van der Waals surface area contributed by atoms with E-state index in [-0.39, 0.29) is 6.61 Å². The number of urea groups is 1. The zero-order chi connectivity index (χ0) is 15.1. The van der Waals surface area contributed by atoms with Gasteiger partial charge in [0.2, 0.25) is 0 Å². The van der Waals surface area contributed by atoms with Crippen LogP contribution in [0.15, 0.2) is 48.5 Å². The summed E-state index contributed by atoms with van der Waals surface area (Å²) in [5, 5.41) is 14.2. The van der Waals surface area contributed by atoms with Crippen LogP contribution in [0.5, 0.6) is 5.75 Å². The first-order valence-electron chi connectivity index (χ1n) is 6.11. The molecule has 0 saturated heterocycles. The molecule has 0 aliphatic carbocycles. The summed E-state index contributed by atoms with van der Waals surface area (Å²) < 4.78 is 5.16. The summed E-state index contributed by atoms with van der Waals surface area (Å²) >= 11 is 5.96. The molecule has 21 heavy (non-hydrogen) atoms. The summed E-state index contributed by atoms with van der Waals surface area (Å²) in [5.41, 5.74) is 1.07. The predicted molar refractivity (Wildman–Crippen MR) is 81.6 cm³/mol. The molecule has 6 heteroatoms. The summed E-state index contributed by atoms with van der Waals surface area (Å²) in [6.07, 6.45) is 0. The molecule has 0 aromatic heterocycles. The monoisotopic (exact) mass is 301 g/mol. The number of hydrogen-bond acceptors (Lipinski definition) is 3. The van der Waals surface area contributed by atoms with Gasteiger partial charge in [-0.25, -0.2) is 4.79 Å². The van der Waals surface area contributed by atoms with Gasteiger partial charge >= 0.3 is 6.03 Å². The van der Waals surface area contributed by atoms with Crippen molar-refractivity contribution in [2.45, 2.75) is 0 Å². The average Bonchev–Trinajstić information content (AvgIpc) is 2.48. The molecule has 0 saturated carbocycles. The topological polar surface area (TPSA) is 74.1 Å². The Kier molecular flexibility index (Phi) is 5.02. The molecule has 5 nitrogen and oxygen atoms in total. The normalized spacial score (nSPS) is 9.52. The second-order valence-electron chi connectivity index (χ2n) is 4.03. The van der Waals surface area contributed by atoms with Gasteiger partial charge in [-0.3, -0.25) is 0 Å². The Bertz CT molecular complexity index is 683. The SMILES string of the molecule is N#CCOc1cccc(NC(=O)Nc2ccccc2Cl)c1. The maximum absolute atomic E-state index is 11.9. The number of para-hydroxylation sites is 1. The fraction of sp³-hybridized carbons (Fsp3) is 0.0667. The van der Waals surface area contributed by atoms with Crippen molar-refractivity contribution in [3.05, 3.63) is 53.6 Å². The van der Waals surface area contributed by atoms with E-state index >= 15 is 0 Å². The summed E-state index contributed by atoms with van der Waals surface area (Å²) in [6, 6.07) is 15.2. The van der Waals surface area contributed by atoms with Crippen molar-refractivity contribution in [1.29, 1.82) is 5.26 Å². The van der Waals surface area contributed by atoms with Crippen LogP contribution in [0.2, 0.25) is 5.02 Å². The molecule has 0 heterocycles. The van der Waals surface area contributed by atoms with Crippen LogP contribution >= 0.6 is 11.6 Å². The van der Waals surface area contributed by atoms with Gasteiger partial charge in [0.05, 0.1) is 10.7 Å². The van der Waals surface area contributed by atoms with Crippen molar-refractivity contribution in [2.75, 3.05) is 17.2 Å². The van der Waals surface area contributed by atoms with Gasteiger partial charge in [-0.15, -0.1) is 0 Å². The third kappa shape index (κ3) is 4.41. The zero-order valence-corrected chi connectivity index (χ0v) is 11.7. The third-order valence-corrected chi connectivity index (χ3v) is 2.85. The predicted octanol–water partition coefficient (Wildman–Crippen LogP) is 3.89. The molecule has 0 aliphatic rings. The maximum Gasteiger partial charge on any atom is 0.323 e. The number of ether oxygens (including phenoxy) is 1. The number of benzene rings is 2. The molecule has 0 aliphatic heterocycles. The largest absolute Gasteiger partial charge is 0.479 e. The molecule has 0 radical (unpaired) electrons. The van der Waals surface area contributed by atoms with Crippen molar-refractivity contribution in [3.63, 3.8) is 0 Å². The van der Waals surface area contributed by atoms with Gasteiger partial charge in [-0.1, -0.05) is 29.8 Å². The Balaban J connectivity index is 2.00. The lowest BCUT2D eigenvalue weighted by molar-refractivity contribution is 0.262. The molecular weight excluding hydrogens is 290 g/mol. The van der Waals surface area contributed by atoms with Crippen molar-refractivity contribution in [3.8, 4) is 11.8 Å². The van der Waals surface area contributed by atoms with Gasteiger partial charge in [-0.05, 0) is 24.3 Å². The molecule has 0 spiro atoms. The second kappa shape index (κ2) is 7.17. The lowest BCUT2D eigenvalue weighted by atomic mass is 10.3. The van der Waals surface area contributed by atoms with Crippen molar-refractivity contribution < 1.29 is 9.53 Å². The number of hydrogen-bond donors (Lipinski definition) is 2. The standard InChI is InChI=1S/C15H12ClN3O2/c16-13-6-1-2-7-14(13)19-15(20)18-11-4-3-5-12(10-11)21-9-8-17/h1-7,10H,9H2,(H2,18,19,20). The molecule has 2 amide bonds. The Morgan fingerprint density at radius 1 is 1.19 bits per heavy atom. The van der Waals surface area contributed by atoms with Crippen LogP contribution in [0.3, 0.4) is 0 Å². The highest BCUT2D eigenvalue weighted by Crippen LogP contribution is 2.21. The number of nitrogens with one attached hydrogen (secondary N) is 2. The first-order chi connectivity index (χ1) is 10.2. The van der Waals surface area contributed by atoms with Crippen LogP contribution in [0.25, 0.3) is 0 Å². The van der Waals surface area contributed by atoms with Gasteiger partial charge in [0.15, 0.2) is 6.61 Å². The van der Waals surface area contributed by atoms with Crippen LogP contribution < -0.4 is 15.4 Å². The molecule has 0 bridgehead atoms. The maximum atomic E-state index is 11.9. The van der Waals surface area contributed by atoms with Crippen LogP contribution in [-0.4, -0.2) is 12.6 Å². The Hall–Kier alpha value is -2.71. The van der Waals surface area contributed by atoms with E-state index < -0.39 is 6.03 Å². The quantitative estimate of drug-likeness (QED) is 0.899. The van der Waals surface area contributed by atoms with Crippen molar-refractivity contribution >= 4 is 29.0 Å². The Morgan fingerprint density at radius 3 is 2.76 bits per heavy atom. The molecule has 2 rings (SSSR count). The van der Waals surface area contributed by atoms with E-state index in [9.17, 15) is 4.79 Å². The van der Waals surface area contributed by atoms with Gasteiger partial charge in [0, 0.05) is 11.8 Å². The van der Waals surface area contributed by atoms with Gasteiger partial charge in [-0.2, -0.15) is 5.26 Å². The summed E-state index contributed by atoms with van der Waals surface area (Å²) in [6.45, 7) is -0.0464. The van der Waals surface area contributed by atoms with E-state index in [1.165, 1.54) is 0 Å². The van der Waals surface area contributed by atoms with E-state index in [0.29, 0.717) is 22.1 Å². The fourth-order valence-electron chi connectivity index (χ4n) is 1.63. The van der Waals surface area contributed by atoms with Crippen LogP contribution in [-0.2, 0) is 0 Å². The zero-order valence-electron chi connectivity index (χ0n) is 11.0. The lowest BCUT2D eigenvalue weighted by Crippen LogP contribution is -2.19. The van der Waals surface area contributed by atoms with Crippen molar-refractivity contribution in [1.82, 2.24) is 0 Å². The Labute approximate surface area is 127 Å². The first-order valence-corrected chi connectivity index (χ1v) is 6.49. The second-order valence-corrected chi connectivity index (χ2v) is 4.44. The number of nitriles is 1. The molecule has 2 aromatic carbocycles. The third-order valence-electron chi connectivity index (χ3n) is 2.52. The van der Waals surface area contributed by atoms with E-state index in [0.717, 1.165) is 0 Å². The van der Waals surface area contributed by atoms with Crippen LogP contribution in [0.1, 0.15) is 0 Å². The lowest BCUT2D eigenvalue weighted by Gasteiger charge is -2.10. The number of nitrogens with zero attached hydrogens (tertiary/aromatic N) is 1. The minimum atomic E-state index is -0.416. The number of halogens is 1. The van der Waals surface area contributed by atoms with E-state index in [1.807, 2.05) is 6.07 Å². The highest BCUT2D eigenvalue weighted by molar-refractivity contribution is 6.33. The molecule has 0 unspecified atom stereocenters. The summed E-state index contributed by atoms with van der Waals surface area (Å²) in [7, 11) is 0. The molecule has 2 N–H and O–H groups in total. The molecular formula is C15H12ClN3O2. The fourth-order valence-corrected chi connectivity index (χ4v) is 1.81. The average molecular weight is 302 g/mol. The molecule has 2 aromatic rings. The molecule has 0 fully saturated rings. The van der Waals surface area contributed by atoms with E-state index in [4.69, 9.17) is 21.6 Å². The first kappa shape index (κ1) is 14.7. The molecule has 0 atom stereocenters. The van der Waals surface area contributed by atoms with Gasteiger partial charge < -0.3 is 15.4 Å². The van der Waals surface area contributed by atoms with Crippen LogP contribution in [0.4, 0.5) is 16.2 Å². The van der Waals surface area contributed by atoms with Gasteiger partial charge in [0.1, 0.15) is 11.8 Å². The minimum absolute atomic E-state index is 0.0464. The van der Waals surface area contributed by atoms with Gasteiger partial charge in [0.25, 0.3) is 0 Å². The summed E-state index contributed by atoms with van der Waals surface area (Å²) in [5.74, 6) is 0.507.